The van der Waals surface area contributed by atoms with E-state index in [1.807, 2.05) is 12.1 Å². The summed E-state index contributed by atoms with van der Waals surface area (Å²) in [6, 6.07) is 7.27. The lowest BCUT2D eigenvalue weighted by Gasteiger charge is -2.37. The van der Waals surface area contributed by atoms with Crippen molar-refractivity contribution in [2.75, 3.05) is 19.8 Å². The molecular weight excluding hydrogens is 322 g/mol. The maximum atomic E-state index is 12.5. The largest absolute Gasteiger partial charge is 0.378 e. The molecule has 1 aromatic carbocycles. The predicted molar refractivity (Wildman–Crippen MR) is 91.4 cm³/mol. The van der Waals surface area contributed by atoms with Gasteiger partial charge in [-0.1, -0.05) is 18.2 Å². The first-order valence-corrected chi connectivity index (χ1v) is 8.63. The van der Waals surface area contributed by atoms with E-state index in [0.717, 1.165) is 19.3 Å². The Morgan fingerprint density at radius 2 is 2.16 bits per heavy atom. The zero-order chi connectivity index (χ0) is 17.3. The molecule has 4 rings (SSSR count). The van der Waals surface area contributed by atoms with Gasteiger partial charge in [0, 0.05) is 31.1 Å². The van der Waals surface area contributed by atoms with Crippen molar-refractivity contribution in [1.29, 1.82) is 0 Å². The third kappa shape index (κ3) is 3.29. The van der Waals surface area contributed by atoms with E-state index in [2.05, 4.69) is 15.5 Å². The number of fused-ring (bicyclic) bond motifs is 1. The maximum absolute atomic E-state index is 12.5. The molecule has 7 nitrogen and oxygen atoms in total. The number of carbonyl (C=O) groups is 1. The lowest BCUT2D eigenvalue weighted by Crippen LogP contribution is -2.49. The van der Waals surface area contributed by atoms with E-state index in [9.17, 15) is 9.59 Å². The van der Waals surface area contributed by atoms with E-state index in [4.69, 9.17) is 9.47 Å². The molecule has 2 fully saturated rings. The maximum Gasteiger partial charge on any atom is 0.272 e. The number of hydrogen-bond donors (Lipinski definition) is 2. The van der Waals surface area contributed by atoms with E-state index in [0.29, 0.717) is 36.3 Å². The molecule has 2 aliphatic rings. The second-order valence-corrected chi connectivity index (χ2v) is 6.81. The zero-order valence-corrected chi connectivity index (χ0v) is 13.9. The van der Waals surface area contributed by atoms with Gasteiger partial charge in [0.1, 0.15) is 0 Å². The second kappa shape index (κ2) is 6.57. The van der Waals surface area contributed by atoms with E-state index >= 15 is 0 Å². The quantitative estimate of drug-likeness (QED) is 0.864. The van der Waals surface area contributed by atoms with Crippen LogP contribution in [0.4, 0.5) is 0 Å². The Balaban J connectivity index is 1.46. The van der Waals surface area contributed by atoms with Crippen molar-refractivity contribution in [2.45, 2.75) is 37.3 Å². The highest BCUT2D eigenvalue weighted by atomic mass is 16.6. The van der Waals surface area contributed by atoms with Crippen LogP contribution in [0.3, 0.4) is 0 Å². The number of rotatable bonds is 3. The van der Waals surface area contributed by atoms with Crippen molar-refractivity contribution in [2.24, 2.45) is 0 Å². The molecule has 7 heteroatoms. The van der Waals surface area contributed by atoms with Crippen LogP contribution in [0.1, 0.15) is 25.0 Å². The van der Waals surface area contributed by atoms with Crippen molar-refractivity contribution in [1.82, 2.24) is 15.5 Å². The Kier molecular flexibility index (Phi) is 4.27. The number of benzene rings is 1. The van der Waals surface area contributed by atoms with Gasteiger partial charge in [0.25, 0.3) is 5.56 Å². The zero-order valence-electron chi connectivity index (χ0n) is 13.9. The molecule has 132 valence electrons. The van der Waals surface area contributed by atoms with Gasteiger partial charge >= 0.3 is 0 Å². The summed E-state index contributed by atoms with van der Waals surface area (Å²) in [5, 5.41) is 10.9. The van der Waals surface area contributed by atoms with E-state index < -0.39 is 0 Å². The summed E-state index contributed by atoms with van der Waals surface area (Å²) < 4.78 is 11.4. The molecule has 2 aromatic rings. The van der Waals surface area contributed by atoms with Crippen LogP contribution in [0.25, 0.3) is 10.8 Å². The molecule has 1 spiro atoms. The molecule has 3 heterocycles. The fourth-order valence-electron chi connectivity index (χ4n) is 3.75. The lowest BCUT2D eigenvalue weighted by atomic mass is 9.89. The number of H-pyrrole nitrogens is 1. The number of aromatic nitrogens is 2. The average molecular weight is 343 g/mol. The summed E-state index contributed by atoms with van der Waals surface area (Å²) in [4.78, 5) is 24.3. The summed E-state index contributed by atoms with van der Waals surface area (Å²) in [6.45, 7) is 1.95. The SMILES string of the molecule is O=C(Cc1n[nH]c(=O)c2ccccc12)NC1CCOC2(CCOC2)C1. The van der Waals surface area contributed by atoms with Gasteiger partial charge in [0.05, 0.1) is 29.7 Å². The van der Waals surface area contributed by atoms with Crippen LogP contribution < -0.4 is 10.9 Å². The molecule has 0 aliphatic carbocycles. The van der Waals surface area contributed by atoms with Gasteiger partial charge in [-0.3, -0.25) is 9.59 Å². The molecule has 0 radical (unpaired) electrons. The Bertz CT molecular complexity index is 842. The molecule has 2 saturated heterocycles. The Morgan fingerprint density at radius 1 is 1.32 bits per heavy atom. The third-order valence-electron chi connectivity index (χ3n) is 5.03. The molecule has 2 aliphatic heterocycles. The van der Waals surface area contributed by atoms with Crippen LogP contribution in [0.5, 0.6) is 0 Å². The molecular formula is C18H21N3O4. The number of aromatic amines is 1. The van der Waals surface area contributed by atoms with Crippen molar-refractivity contribution in [3.05, 3.63) is 40.3 Å². The van der Waals surface area contributed by atoms with Gasteiger partial charge in [-0.05, 0) is 18.9 Å². The molecule has 2 N–H and O–H groups in total. The molecule has 2 atom stereocenters. The molecule has 25 heavy (non-hydrogen) atoms. The lowest BCUT2D eigenvalue weighted by molar-refractivity contribution is -0.125. The third-order valence-corrected chi connectivity index (χ3v) is 5.03. The highest BCUT2D eigenvalue weighted by Crippen LogP contribution is 2.32. The number of nitrogens with one attached hydrogen (secondary N) is 2. The van der Waals surface area contributed by atoms with E-state index in [-0.39, 0.29) is 29.5 Å². The Labute approximate surface area is 144 Å². The number of nitrogens with zero attached hydrogens (tertiary/aromatic N) is 1. The van der Waals surface area contributed by atoms with Crippen LogP contribution in [0, 0.1) is 0 Å². The normalized spacial score (nSPS) is 26.2. The van der Waals surface area contributed by atoms with Crippen LogP contribution in [-0.4, -0.2) is 47.6 Å². The van der Waals surface area contributed by atoms with E-state index in [1.165, 1.54) is 0 Å². The summed E-state index contributed by atoms with van der Waals surface area (Å²) in [7, 11) is 0. The van der Waals surface area contributed by atoms with Gasteiger partial charge < -0.3 is 14.8 Å². The fourth-order valence-corrected chi connectivity index (χ4v) is 3.75. The number of hydrogen-bond acceptors (Lipinski definition) is 5. The van der Waals surface area contributed by atoms with Crippen molar-refractivity contribution in [3.8, 4) is 0 Å². The molecule has 1 aromatic heterocycles. The minimum absolute atomic E-state index is 0.0805. The number of ether oxygens (including phenoxy) is 2. The van der Waals surface area contributed by atoms with Crippen molar-refractivity contribution < 1.29 is 14.3 Å². The van der Waals surface area contributed by atoms with Gasteiger partial charge in [0.15, 0.2) is 0 Å². The van der Waals surface area contributed by atoms with Crippen LogP contribution >= 0.6 is 0 Å². The summed E-state index contributed by atoms with van der Waals surface area (Å²) >= 11 is 0. The second-order valence-electron chi connectivity index (χ2n) is 6.81. The van der Waals surface area contributed by atoms with Crippen molar-refractivity contribution >= 4 is 16.7 Å². The van der Waals surface area contributed by atoms with Crippen LogP contribution in [0.2, 0.25) is 0 Å². The predicted octanol–water partition coefficient (Wildman–Crippen LogP) is 0.920. The highest BCUT2D eigenvalue weighted by Gasteiger charge is 2.41. The minimum Gasteiger partial charge on any atom is -0.378 e. The monoisotopic (exact) mass is 343 g/mol. The highest BCUT2D eigenvalue weighted by molar-refractivity contribution is 5.88. The first-order valence-electron chi connectivity index (χ1n) is 8.63. The summed E-state index contributed by atoms with van der Waals surface area (Å²) in [6.07, 6.45) is 2.59. The standard InChI is InChI=1S/C18H21N3O4/c22-16(19-12-5-7-25-18(10-12)6-8-24-11-18)9-15-13-3-1-2-4-14(13)17(23)21-20-15/h1-4,12H,5-11H2,(H,19,22)(H,21,23). The minimum atomic E-state index is -0.243. The Morgan fingerprint density at radius 3 is 2.96 bits per heavy atom. The fraction of sp³-hybridized carbons (Fsp3) is 0.500. The first kappa shape index (κ1) is 16.2. The number of amides is 1. The van der Waals surface area contributed by atoms with Crippen molar-refractivity contribution in [3.63, 3.8) is 0 Å². The summed E-state index contributed by atoms with van der Waals surface area (Å²) in [5.74, 6) is -0.0920. The van der Waals surface area contributed by atoms with Crippen LogP contribution in [-0.2, 0) is 20.7 Å². The van der Waals surface area contributed by atoms with Gasteiger partial charge in [-0.25, -0.2) is 5.10 Å². The summed E-state index contributed by atoms with van der Waals surface area (Å²) in [5.41, 5.74) is 0.102. The Hall–Kier alpha value is -2.25. The van der Waals surface area contributed by atoms with Gasteiger partial charge in [-0.2, -0.15) is 5.10 Å². The number of carbonyl (C=O) groups excluding carboxylic acids is 1. The smallest absolute Gasteiger partial charge is 0.272 e. The van der Waals surface area contributed by atoms with Gasteiger partial charge in [-0.15, -0.1) is 0 Å². The van der Waals surface area contributed by atoms with E-state index in [1.54, 1.807) is 12.1 Å². The topological polar surface area (TPSA) is 93.3 Å². The first-order chi connectivity index (χ1) is 12.2. The average Bonchev–Trinajstić information content (AvgIpc) is 3.05. The molecule has 0 bridgehead atoms. The molecule has 1 amide bonds. The molecule has 2 unspecified atom stereocenters. The van der Waals surface area contributed by atoms with Gasteiger partial charge in [0.2, 0.25) is 5.91 Å². The molecule has 0 saturated carbocycles. The van der Waals surface area contributed by atoms with Crippen LogP contribution in [0.15, 0.2) is 29.1 Å².